The normalized spacial score (nSPS) is 11.2. The summed E-state index contributed by atoms with van der Waals surface area (Å²) in [5.41, 5.74) is 1.79. The molecule has 0 bridgehead atoms. The zero-order chi connectivity index (χ0) is 13.2. The Balaban J connectivity index is 2.46. The van der Waals surface area contributed by atoms with Crippen LogP contribution in [0.5, 0.6) is 5.75 Å². The van der Waals surface area contributed by atoms with Crippen LogP contribution in [0.2, 0.25) is 0 Å². The maximum atomic E-state index is 11.1. The first-order chi connectivity index (χ1) is 8.46. The van der Waals surface area contributed by atoms with Gasteiger partial charge in [-0.15, -0.1) is 12.6 Å². The first-order valence-corrected chi connectivity index (χ1v) is 7.50. The van der Waals surface area contributed by atoms with E-state index < -0.39 is 10.1 Å². The molecule has 18 heavy (non-hydrogen) atoms. The van der Waals surface area contributed by atoms with Gasteiger partial charge in [-0.25, -0.2) is 0 Å². The number of rotatable bonds is 3. The second-order valence-corrected chi connectivity index (χ2v) is 5.89. The van der Waals surface area contributed by atoms with Gasteiger partial charge in [0.1, 0.15) is 5.75 Å². The van der Waals surface area contributed by atoms with E-state index in [1.807, 2.05) is 30.3 Å². The highest BCUT2D eigenvalue weighted by atomic mass is 32.2. The predicted octanol–water partition coefficient (Wildman–Crippen LogP) is 2.98. The Morgan fingerprint density at radius 3 is 2.33 bits per heavy atom. The fourth-order valence-electron chi connectivity index (χ4n) is 1.59. The molecule has 0 spiro atoms. The molecule has 0 saturated carbocycles. The van der Waals surface area contributed by atoms with Crippen LogP contribution in [0, 0.1) is 0 Å². The lowest BCUT2D eigenvalue weighted by Gasteiger charge is -2.08. The van der Waals surface area contributed by atoms with Gasteiger partial charge >= 0.3 is 10.1 Å². The molecule has 0 N–H and O–H groups in total. The number of benzene rings is 2. The molecule has 0 aliphatic carbocycles. The maximum Gasteiger partial charge on any atom is 0.306 e. The molecule has 0 aliphatic heterocycles. The van der Waals surface area contributed by atoms with E-state index in [1.54, 1.807) is 18.2 Å². The molecule has 0 radical (unpaired) electrons. The second-order valence-electron chi connectivity index (χ2n) is 3.83. The molecule has 0 saturated heterocycles. The van der Waals surface area contributed by atoms with E-state index in [4.69, 9.17) is 4.18 Å². The van der Waals surface area contributed by atoms with Crippen molar-refractivity contribution in [3.05, 3.63) is 48.5 Å². The van der Waals surface area contributed by atoms with Crippen molar-refractivity contribution < 1.29 is 12.6 Å². The predicted molar refractivity (Wildman–Crippen MR) is 74.6 cm³/mol. The van der Waals surface area contributed by atoms with E-state index in [9.17, 15) is 8.42 Å². The summed E-state index contributed by atoms with van der Waals surface area (Å²) in [6.07, 6.45) is 1.02. The molecule has 0 heterocycles. The summed E-state index contributed by atoms with van der Waals surface area (Å²) < 4.78 is 27.0. The van der Waals surface area contributed by atoms with Crippen molar-refractivity contribution in [1.82, 2.24) is 0 Å². The highest BCUT2D eigenvalue weighted by Gasteiger charge is 2.08. The topological polar surface area (TPSA) is 43.4 Å². The van der Waals surface area contributed by atoms with E-state index in [0.717, 1.165) is 22.3 Å². The second kappa shape index (κ2) is 5.04. The zero-order valence-electron chi connectivity index (χ0n) is 9.70. The van der Waals surface area contributed by atoms with Crippen LogP contribution in [0.15, 0.2) is 53.4 Å². The van der Waals surface area contributed by atoms with Crippen LogP contribution >= 0.6 is 12.6 Å². The van der Waals surface area contributed by atoms with Gasteiger partial charge in [0.25, 0.3) is 0 Å². The van der Waals surface area contributed by atoms with Gasteiger partial charge in [0.2, 0.25) is 0 Å². The van der Waals surface area contributed by atoms with Crippen LogP contribution in [0.3, 0.4) is 0 Å². The highest BCUT2D eigenvalue weighted by Crippen LogP contribution is 2.30. The van der Waals surface area contributed by atoms with Crippen molar-refractivity contribution in [2.75, 3.05) is 6.26 Å². The molecular formula is C13H12O3S2. The molecule has 2 aromatic rings. The lowest BCUT2D eigenvalue weighted by atomic mass is 10.1. The zero-order valence-corrected chi connectivity index (χ0v) is 11.4. The largest absolute Gasteiger partial charge is 0.383 e. The monoisotopic (exact) mass is 280 g/mol. The summed E-state index contributed by atoms with van der Waals surface area (Å²) >= 11 is 4.36. The van der Waals surface area contributed by atoms with E-state index in [0.29, 0.717) is 0 Å². The first-order valence-electron chi connectivity index (χ1n) is 5.23. The Morgan fingerprint density at radius 2 is 1.72 bits per heavy atom. The number of thiol groups is 1. The molecule has 0 aliphatic rings. The van der Waals surface area contributed by atoms with Crippen molar-refractivity contribution in [2.24, 2.45) is 0 Å². The smallest absolute Gasteiger partial charge is 0.306 e. The molecule has 0 unspecified atom stereocenters. The first kappa shape index (κ1) is 13.0. The average molecular weight is 280 g/mol. The molecule has 2 aromatic carbocycles. The van der Waals surface area contributed by atoms with Crippen LogP contribution in [-0.2, 0) is 10.1 Å². The van der Waals surface area contributed by atoms with E-state index in [-0.39, 0.29) is 5.75 Å². The molecule has 5 heteroatoms. The van der Waals surface area contributed by atoms with Crippen molar-refractivity contribution >= 4 is 22.7 Å². The maximum absolute atomic E-state index is 11.1. The molecule has 0 aromatic heterocycles. The van der Waals surface area contributed by atoms with Gasteiger partial charge in [-0.2, -0.15) is 8.42 Å². The minimum absolute atomic E-state index is 0.286. The molecular weight excluding hydrogens is 268 g/mol. The van der Waals surface area contributed by atoms with Crippen molar-refractivity contribution in [2.45, 2.75) is 4.90 Å². The van der Waals surface area contributed by atoms with Crippen LogP contribution in [0.4, 0.5) is 0 Å². The third-order valence-corrected chi connectivity index (χ3v) is 3.19. The number of hydrogen-bond donors (Lipinski definition) is 1. The molecule has 0 atom stereocenters. The Hall–Kier alpha value is -1.46. The lowest BCUT2D eigenvalue weighted by molar-refractivity contribution is 0.493. The van der Waals surface area contributed by atoms with Gasteiger partial charge in [0.15, 0.2) is 0 Å². The summed E-state index contributed by atoms with van der Waals surface area (Å²) in [4.78, 5) is 0.766. The van der Waals surface area contributed by atoms with Crippen LogP contribution in [0.1, 0.15) is 0 Å². The summed E-state index contributed by atoms with van der Waals surface area (Å²) in [7, 11) is -3.51. The Kier molecular flexibility index (Phi) is 3.63. The Morgan fingerprint density at radius 1 is 1.06 bits per heavy atom. The quantitative estimate of drug-likeness (QED) is 0.694. The standard InChI is InChI=1S/C13H12O3S2/c1-18(14,15)16-11-7-8-13(17)12(9-11)10-5-3-2-4-6-10/h2-9,17H,1H3. The molecule has 0 amide bonds. The van der Waals surface area contributed by atoms with Crippen molar-refractivity contribution in [3.8, 4) is 16.9 Å². The fourth-order valence-corrected chi connectivity index (χ4v) is 2.31. The van der Waals surface area contributed by atoms with Crippen LogP contribution in [-0.4, -0.2) is 14.7 Å². The van der Waals surface area contributed by atoms with Gasteiger partial charge in [0, 0.05) is 4.90 Å². The summed E-state index contributed by atoms with van der Waals surface area (Å²) in [6.45, 7) is 0. The minimum Gasteiger partial charge on any atom is -0.383 e. The summed E-state index contributed by atoms with van der Waals surface area (Å²) in [6, 6.07) is 14.6. The molecule has 94 valence electrons. The SMILES string of the molecule is CS(=O)(=O)Oc1ccc(S)c(-c2ccccc2)c1. The van der Waals surface area contributed by atoms with Gasteiger partial charge < -0.3 is 4.18 Å². The van der Waals surface area contributed by atoms with Gasteiger partial charge in [-0.1, -0.05) is 30.3 Å². The average Bonchev–Trinajstić information content (AvgIpc) is 2.31. The van der Waals surface area contributed by atoms with Crippen LogP contribution < -0.4 is 4.18 Å². The number of hydrogen-bond acceptors (Lipinski definition) is 4. The Bertz CT molecular complexity index is 649. The third kappa shape index (κ3) is 3.27. The van der Waals surface area contributed by atoms with E-state index in [2.05, 4.69) is 12.6 Å². The van der Waals surface area contributed by atoms with Gasteiger partial charge in [-0.3, -0.25) is 0 Å². The molecule has 2 rings (SSSR count). The minimum atomic E-state index is -3.51. The van der Waals surface area contributed by atoms with Crippen molar-refractivity contribution in [1.29, 1.82) is 0 Å². The fraction of sp³-hybridized carbons (Fsp3) is 0.0769. The summed E-state index contributed by atoms with van der Waals surface area (Å²) in [5.74, 6) is 0.286. The molecule has 0 fully saturated rings. The lowest BCUT2D eigenvalue weighted by Crippen LogP contribution is -2.05. The van der Waals surface area contributed by atoms with E-state index >= 15 is 0 Å². The van der Waals surface area contributed by atoms with Crippen molar-refractivity contribution in [3.63, 3.8) is 0 Å². The van der Waals surface area contributed by atoms with Gasteiger partial charge in [-0.05, 0) is 29.3 Å². The highest BCUT2D eigenvalue weighted by molar-refractivity contribution is 7.86. The third-order valence-electron chi connectivity index (χ3n) is 2.30. The van der Waals surface area contributed by atoms with Gasteiger partial charge in [0.05, 0.1) is 6.26 Å². The molecule has 3 nitrogen and oxygen atoms in total. The Labute approximate surface area is 112 Å². The van der Waals surface area contributed by atoms with Crippen LogP contribution in [0.25, 0.3) is 11.1 Å². The summed E-state index contributed by atoms with van der Waals surface area (Å²) in [5, 5.41) is 0. The van der Waals surface area contributed by atoms with E-state index in [1.165, 1.54) is 0 Å².